The quantitative estimate of drug-likeness (QED) is 0.124. The second-order valence-corrected chi connectivity index (χ2v) is 15.5. The van der Waals surface area contributed by atoms with E-state index >= 15 is 0 Å². The van der Waals surface area contributed by atoms with Crippen LogP contribution in [0.3, 0.4) is 0 Å². The van der Waals surface area contributed by atoms with Crippen molar-refractivity contribution < 1.29 is 24.2 Å². The van der Waals surface area contributed by atoms with Gasteiger partial charge in [0.1, 0.15) is 11.2 Å². The molecule has 4 heterocycles. The Kier molecular flexibility index (Phi) is 13.2. The number of carbonyl (C=O) groups excluding carboxylic acids is 2. The maximum atomic E-state index is 13.2. The van der Waals surface area contributed by atoms with Crippen LogP contribution >= 0.6 is 22.7 Å². The van der Waals surface area contributed by atoms with E-state index in [2.05, 4.69) is 41.0 Å². The normalized spacial score (nSPS) is 18.1. The largest absolute Gasteiger partial charge is 0.426 e. The number of likely N-dealkylation sites (tertiary alicyclic amines) is 1. The molecule has 0 radical (unpaired) electrons. The Hall–Kier alpha value is -2.68. The summed E-state index contributed by atoms with van der Waals surface area (Å²) in [5, 5.41) is 17.2. The number of thiazole rings is 2. The minimum atomic E-state index is -0.779. The number of amides is 1. The highest BCUT2D eigenvalue weighted by molar-refractivity contribution is 7.16. The molecule has 0 bridgehead atoms. The summed E-state index contributed by atoms with van der Waals surface area (Å²) in [6.07, 6.45) is 9.45. The Balaban J connectivity index is 0.916. The molecule has 0 saturated carbocycles. The maximum Gasteiger partial charge on any atom is 0.305 e. The third kappa shape index (κ3) is 9.51. The topological polar surface area (TPSA) is 137 Å². The molecule has 0 aliphatic carbocycles. The summed E-state index contributed by atoms with van der Waals surface area (Å²) in [4.78, 5) is 47.4. The van der Waals surface area contributed by atoms with Crippen LogP contribution in [0.25, 0.3) is 10.2 Å². The maximum absolute atomic E-state index is 13.2. The van der Waals surface area contributed by atoms with E-state index in [0.717, 1.165) is 61.7 Å². The number of rotatable bonds is 17. The summed E-state index contributed by atoms with van der Waals surface area (Å²) >= 11 is 2.58. The first-order valence-corrected chi connectivity index (χ1v) is 19.2. The summed E-state index contributed by atoms with van der Waals surface area (Å²) in [6, 6.07) is 3.57. The number of aromatic nitrogens is 2. The molecular weight excluding hydrogens is 651 g/mol. The van der Waals surface area contributed by atoms with Crippen LogP contribution in [0.5, 0.6) is 5.75 Å². The fourth-order valence-corrected chi connectivity index (χ4v) is 8.50. The van der Waals surface area contributed by atoms with E-state index in [1.54, 1.807) is 23.5 Å². The molecule has 2 saturated heterocycles. The molecule has 2 fully saturated rings. The summed E-state index contributed by atoms with van der Waals surface area (Å²) in [5.41, 5.74) is 1.44. The van der Waals surface area contributed by atoms with Crippen LogP contribution in [0.4, 0.5) is 0 Å². The SMILES string of the molecule is CC(CCCCCCCCN1CCC2(CC1)CN(C(=O)c1csc(C(C)C)n1)CCO2)NCC(O)c1ccc(OC=O)c2[nH]c(=O)sc12. The molecule has 48 heavy (non-hydrogen) atoms. The van der Waals surface area contributed by atoms with Gasteiger partial charge in [-0.2, -0.15) is 0 Å². The predicted octanol–water partition coefficient (Wildman–Crippen LogP) is 5.45. The van der Waals surface area contributed by atoms with Gasteiger partial charge in [-0.25, -0.2) is 4.98 Å². The van der Waals surface area contributed by atoms with Gasteiger partial charge in [-0.15, -0.1) is 11.3 Å². The minimum Gasteiger partial charge on any atom is -0.426 e. The van der Waals surface area contributed by atoms with Crippen molar-refractivity contribution in [3.63, 3.8) is 0 Å². The van der Waals surface area contributed by atoms with E-state index in [1.165, 1.54) is 32.1 Å². The van der Waals surface area contributed by atoms with E-state index in [0.29, 0.717) is 60.1 Å². The smallest absolute Gasteiger partial charge is 0.305 e. The van der Waals surface area contributed by atoms with E-state index < -0.39 is 6.10 Å². The highest BCUT2D eigenvalue weighted by Crippen LogP contribution is 2.33. The molecule has 2 aliphatic rings. The lowest BCUT2D eigenvalue weighted by Gasteiger charge is -2.47. The third-order valence-corrected chi connectivity index (χ3v) is 11.7. The van der Waals surface area contributed by atoms with Crippen molar-refractivity contribution in [2.45, 2.75) is 102 Å². The standard InChI is InChI=1S/C35H51N5O6S2/c1-24(2)32-37-27(21-47-32)33(43)40-18-19-46-35(22-40)13-16-39(17-14-35)15-9-7-5-4-6-8-10-25(3)36-20-28(42)26-11-12-29(45-23-41)30-31(26)48-34(44)38-30/h11-12,21,23-25,28,36,42H,4-10,13-20,22H2,1-3H3,(H,38,44). The van der Waals surface area contributed by atoms with Crippen molar-refractivity contribution >= 4 is 45.3 Å². The van der Waals surface area contributed by atoms with Gasteiger partial charge in [0.05, 0.1) is 34.6 Å². The molecule has 5 rings (SSSR count). The molecule has 2 unspecified atom stereocenters. The number of carbonyl (C=O) groups is 2. The summed E-state index contributed by atoms with van der Waals surface area (Å²) in [5.74, 6) is 0.652. The van der Waals surface area contributed by atoms with Crippen LogP contribution in [0.15, 0.2) is 22.3 Å². The Bertz CT molecular complexity index is 1550. The number of aliphatic hydroxyl groups excluding tert-OH is 1. The van der Waals surface area contributed by atoms with Gasteiger partial charge in [-0.05, 0) is 45.2 Å². The molecule has 11 nitrogen and oxygen atoms in total. The van der Waals surface area contributed by atoms with Crippen LogP contribution in [0, 0.1) is 0 Å². The van der Waals surface area contributed by atoms with Gasteiger partial charge < -0.3 is 34.7 Å². The fourth-order valence-electron chi connectivity index (χ4n) is 6.78. The lowest BCUT2D eigenvalue weighted by Crippen LogP contribution is -2.58. The zero-order chi connectivity index (χ0) is 34.1. The van der Waals surface area contributed by atoms with Crippen LogP contribution < -0.4 is 14.9 Å². The number of hydrogen-bond acceptors (Lipinski definition) is 11. The number of aliphatic hydroxyl groups is 1. The number of hydrogen-bond donors (Lipinski definition) is 3. The van der Waals surface area contributed by atoms with Crippen molar-refractivity contribution in [1.82, 2.24) is 25.1 Å². The molecule has 2 atom stereocenters. The summed E-state index contributed by atoms with van der Waals surface area (Å²) < 4.78 is 11.9. The number of unbranched alkanes of at least 4 members (excludes halogenated alkanes) is 5. The van der Waals surface area contributed by atoms with E-state index in [9.17, 15) is 19.5 Å². The average Bonchev–Trinajstić information content (AvgIpc) is 3.73. The number of fused-ring (bicyclic) bond motifs is 1. The number of nitrogens with zero attached hydrogens (tertiary/aromatic N) is 3. The third-order valence-electron chi connectivity index (χ3n) is 9.66. The first kappa shape index (κ1) is 36.6. The first-order chi connectivity index (χ1) is 23.2. The van der Waals surface area contributed by atoms with Crippen LogP contribution in [0.1, 0.15) is 112 Å². The summed E-state index contributed by atoms with van der Waals surface area (Å²) in [7, 11) is 0. The summed E-state index contributed by atoms with van der Waals surface area (Å²) in [6.45, 7) is 12.1. The zero-order valence-electron chi connectivity index (χ0n) is 28.5. The van der Waals surface area contributed by atoms with Gasteiger partial charge in [-0.3, -0.25) is 14.4 Å². The molecule has 1 amide bonds. The minimum absolute atomic E-state index is 0.0402. The molecule has 13 heteroatoms. The van der Waals surface area contributed by atoms with E-state index in [1.807, 2.05) is 10.3 Å². The van der Waals surface area contributed by atoms with Gasteiger partial charge in [0.15, 0.2) is 5.75 Å². The van der Waals surface area contributed by atoms with Gasteiger partial charge in [0, 0.05) is 49.1 Å². The van der Waals surface area contributed by atoms with Gasteiger partial charge >= 0.3 is 4.87 Å². The van der Waals surface area contributed by atoms with Crippen molar-refractivity contribution in [2.75, 3.05) is 45.9 Å². The van der Waals surface area contributed by atoms with Gasteiger partial charge in [-0.1, -0.05) is 63.4 Å². The lowest BCUT2D eigenvalue weighted by atomic mass is 9.89. The van der Waals surface area contributed by atoms with Crippen molar-refractivity contribution in [1.29, 1.82) is 0 Å². The van der Waals surface area contributed by atoms with Crippen molar-refractivity contribution in [3.8, 4) is 5.75 Å². The predicted molar refractivity (Wildman–Crippen MR) is 190 cm³/mol. The molecule has 264 valence electrons. The zero-order valence-corrected chi connectivity index (χ0v) is 30.1. The number of ether oxygens (including phenoxy) is 2. The Morgan fingerprint density at radius 1 is 1.15 bits per heavy atom. The highest BCUT2D eigenvalue weighted by atomic mass is 32.1. The van der Waals surface area contributed by atoms with Crippen LogP contribution in [-0.2, 0) is 9.53 Å². The number of aromatic amines is 1. The number of nitrogens with one attached hydrogen (secondary N) is 2. The van der Waals surface area contributed by atoms with Gasteiger partial charge in [0.2, 0.25) is 0 Å². The van der Waals surface area contributed by atoms with Crippen LogP contribution in [-0.4, -0.2) is 94.8 Å². The monoisotopic (exact) mass is 701 g/mol. The molecule has 2 aromatic heterocycles. The van der Waals surface area contributed by atoms with E-state index in [-0.39, 0.29) is 28.2 Å². The second-order valence-electron chi connectivity index (χ2n) is 13.6. The average molecular weight is 702 g/mol. The second kappa shape index (κ2) is 17.3. The first-order valence-electron chi connectivity index (χ1n) is 17.5. The molecule has 3 N–H and O–H groups in total. The number of morpholine rings is 1. The lowest BCUT2D eigenvalue weighted by molar-refractivity contribution is -0.127. The Morgan fingerprint density at radius 2 is 1.90 bits per heavy atom. The molecule has 2 aliphatic heterocycles. The Labute approximate surface area is 291 Å². The van der Waals surface area contributed by atoms with Gasteiger partial charge in [0.25, 0.3) is 12.4 Å². The van der Waals surface area contributed by atoms with Crippen molar-refractivity contribution in [2.24, 2.45) is 0 Å². The number of H-pyrrole nitrogens is 1. The molecule has 3 aromatic rings. The number of benzene rings is 1. The molecular formula is C35H51N5O6S2. The number of piperidine rings is 1. The van der Waals surface area contributed by atoms with Crippen molar-refractivity contribution in [3.05, 3.63) is 43.4 Å². The molecule has 1 aromatic carbocycles. The Morgan fingerprint density at radius 3 is 2.62 bits per heavy atom. The van der Waals surface area contributed by atoms with Crippen LogP contribution in [0.2, 0.25) is 0 Å². The van der Waals surface area contributed by atoms with E-state index in [4.69, 9.17) is 9.47 Å². The highest BCUT2D eigenvalue weighted by Gasteiger charge is 2.41. The molecule has 1 spiro atoms. The fraction of sp³-hybridized carbons (Fsp3) is 0.657.